The molecule has 0 aromatic heterocycles. The van der Waals surface area contributed by atoms with E-state index in [1.54, 1.807) is 0 Å². The predicted octanol–water partition coefficient (Wildman–Crippen LogP) is 3.22. The van der Waals surface area contributed by atoms with Crippen LogP contribution in [-0.2, 0) is 11.3 Å². The highest BCUT2D eigenvalue weighted by Gasteiger charge is 2.16. The highest BCUT2D eigenvalue weighted by Crippen LogP contribution is 2.21. The molecule has 18 heavy (non-hydrogen) atoms. The van der Waals surface area contributed by atoms with Gasteiger partial charge < -0.3 is 4.74 Å². The predicted molar refractivity (Wildman–Crippen MR) is 74.6 cm³/mol. The van der Waals surface area contributed by atoms with Crippen molar-refractivity contribution in [1.82, 2.24) is 4.90 Å². The number of esters is 1. The molecule has 0 aliphatic carbocycles. The van der Waals surface area contributed by atoms with E-state index < -0.39 is 0 Å². The summed E-state index contributed by atoms with van der Waals surface area (Å²) in [6.45, 7) is 3.06. The van der Waals surface area contributed by atoms with E-state index in [1.807, 2.05) is 18.2 Å². The zero-order chi connectivity index (χ0) is 13.0. The number of halogens is 1. The fraction of sp³-hybridized carbons (Fsp3) is 0.500. The quantitative estimate of drug-likeness (QED) is 0.803. The molecule has 1 fully saturated rings. The number of benzene rings is 1. The Hall–Kier alpha value is -0.870. The van der Waals surface area contributed by atoms with E-state index in [-0.39, 0.29) is 5.97 Å². The largest absolute Gasteiger partial charge is 0.465 e. The first-order chi connectivity index (χ1) is 8.70. The van der Waals surface area contributed by atoms with Gasteiger partial charge in [-0.1, -0.05) is 22.4 Å². The molecule has 3 nitrogen and oxygen atoms in total. The maximum Gasteiger partial charge on any atom is 0.338 e. The van der Waals surface area contributed by atoms with Crippen LogP contribution in [-0.4, -0.2) is 31.1 Å². The van der Waals surface area contributed by atoms with Gasteiger partial charge in [-0.2, -0.15) is 0 Å². The van der Waals surface area contributed by atoms with Crippen LogP contribution in [0.25, 0.3) is 0 Å². The summed E-state index contributed by atoms with van der Waals surface area (Å²) < 4.78 is 5.84. The maximum absolute atomic E-state index is 11.7. The number of methoxy groups -OCH3 is 1. The second-order valence-corrected chi connectivity index (χ2v) is 5.55. The van der Waals surface area contributed by atoms with E-state index in [0.717, 1.165) is 29.7 Å². The number of likely N-dealkylation sites (tertiary alicyclic amines) is 1. The van der Waals surface area contributed by atoms with Crippen LogP contribution in [0.2, 0.25) is 0 Å². The first-order valence-corrected chi connectivity index (χ1v) is 7.09. The molecule has 1 aromatic rings. The SMILES string of the molecule is COC(=O)c1ccc(Br)cc1CN1CCCCC1. The third-order valence-corrected chi connectivity index (χ3v) is 3.81. The number of hydrogen-bond acceptors (Lipinski definition) is 3. The fourth-order valence-corrected chi connectivity index (χ4v) is 2.77. The molecule has 0 N–H and O–H groups in total. The highest BCUT2D eigenvalue weighted by molar-refractivity contribution is 9.10. The summed E-state index contributed by atoms with van der Waals surface area (Å²) in [6.07, 6.45) is 3.82. The molecule has 0 saturated carbocycles. The molecule has 0 unspecified atom stereocenters. The minimum Gasteiger partial charge on any atom is -0.465 e. The van der Waals surface area contributed by atoms with Crippen molar-refractivity contribution in [1.29, 1.82) is 0 Å². The normalized spacial score (nSPS) is 16.6. The number of rotatable bonds is 3. The van der Waals surface area contributed by atoms with Gasteiger partial charge in [-0.15, -0.1) is 0 Å². The van der Waals surface area contributed by atoms with Crippen LogP contribution in [0, 0.1) is 0 Å². The first kappa shape index (κ1) is 13.6. The number of ether oxygens (including phenoxy) is 1. The molecule has 4 heteroatoms. The molecule has 1 aliphatic heterocycles. The molecule has 1 saturated heterocycles. The van der Waals surface area contributed by atoms with Crippen molar-refractivity contribution in [3.05, 3.63) is 33.8 Å². The molecule has 2 rings (SSSR count). The fourth-order valence-electron chi connectivity index (χ4n) is 2.36. The highest BCUT2D eigenvalue weighted by atomic mass is 79.9. The monoisotopic (exact) mass is 311 g/mol. The average Bonchev–Trinajstić information content (AvgIpc) is 2.39. The molecule has 0 bridgehead atoms. The Morgan fingerprint density at radius 2 is 2.06 bits per heavy atom. The summed E-state index contributed by atoms with van der Waals surface area (Å²) in [5, 5.41) is 0. The molecule has 0 spiro atoms. The van der Waals surface area contributed by atoms with Gasteiger partial charge in [-0.3, -0.25) is 4.90 Å². The standard InChI is InChI=1S/C14H18BrNO2/c1-18-14(17)13-6-5-12(15)9-11(13)10-16-7-3-2-4-8-16/h5-6,9H,2-4,7-8,10H2,1H3. The number of nitrogens with zero attached hydrogens (tertiary/aromatic N) is 1. The van der Waals surface area contributed by atoms with E-state index >= 15 is 0 Å². The smallest absolute Gasteiger partial charge is 0.338 e. The number of carbonyl (C=O) groups excluding carboxylic acids is 1. The summed E-state index contributed by atoms with van der Waals surface area (Å²) in [6, 6.07) is 5.72. The van der Waals surface area contributed by atoms with Crippen LogP contribution in [0.5, 0.6) is 0 Å². The van der Waals surface area contributed by atoms with Crippen LogP contribution < -0.4 is 0 Å². The third kappa shape index (κ3) is 3.33. The summed E-state index contributed by atoms with van der Waals surface area (Å²) in [4.78, 5) is 14.1. The maximum atomic E-state index is 11.7. The van der Waals surface area contributed by atoms with Crippen molar-refractivity contribution in [3.63, 3.8) is 0 Å². The Balaban J connectivity index is 2.18. The summed E-state index contributed by atoms with van der Waals surface area (Å²) >= 11 is 3.46. The molecule has 0 atom stereocenters. The molecule has 1 heterocycles. The van der Waals surface area contributed by atoms with Crippen molar-refractivity contribution in [2.75, 3.05) is 20.2 Å². The van der Waals surface area contributed by atoms with Crippen molar-refractivity contribution in [2.45, 2.75) is 25.8 Å². The molecule has 1 aromatic carbocycles. The summed E-state index contributed by atoms with van der Waals surface area (Å²) in [5.74, 6) is -0.255. The van der Waals surface area contributed by atoms with Gasteiger partial charge in [0.2, 0.25) is 0 Å². The zero-order valence-corrected chi connectivity index (χ0v) is 12.2. The minimum absolute atomic E-state index is 0.255. The van der Waals surface area contributed by atoms with Crippen LogP contribution in [0.1, 0.15) is 35.2 Å². The van der Waals surface area contributed by atoms with Gasteiger partial charge in [0.05, 0.1) is 12.7 Å². The van der Waals surface area contributed by atoms with E-state index in [0.29, 0.717) is 5.56 Å². The van der Waals surface area contributed by atoms with E-state index in [9.17, 15) is 4.79 Å². The van der Waals surface area contributed by atoms with Gasteiger partial charge >= 0.3 is 5.97 Å². The number of carbonyl (C=O) groups is 1. The van der Waals surface area contributed by atoms with Crippen molar-refractivity contribution in [3.8, 4) is 0 Å². The van der Waals surface area contributed by atoms with Crippen LogP contribution in [0.15, 0.2) is 22.7 Å². The van der Waals surface area contributed by atoms with Crippen LogP contribution in [0.4, 0.5) is 0 Å². The van der Waals surface area contributed by atoms with Crippen molar-refractivity contribution >= 4 is 21.9 Å². The van der Waals surface area contributed by atoms with Gasteiger partial charge in [-0.05, 0) is 49.7 Å². The second kappa shape index (κ2) is 6.34. The zero-order valence-electron chi connectivity index (χ0n) is 10.6. The molecule has 0 radical (unpaired) electrons. The Morgan fingerprint density at radius 3 is 2.72 bits per heavy atom. The molecule has 98 valence electrons. The minimum atomic E-state index is -0.255. The Bertz CT molecular complexity index is 428. The lowest BCUT2D eigenvalue weighted by molar-refractivity contribution is 0.0598. The molecule has 1 aliphatic rings. The van der Waals surface area contributed by atoms with Gasteiger partial charge in [-0.25, -0.2) is 4.79 Å². The van der Waals surface area contributed by atoms with E-state index in [4.69, 9.17) is 4.74 Å². The summed E-state index contributed by atoms with van der Waals surface area (Å²) in [7, 11) is 1.43. The van der Waals surface area contributed by atoms with Gasteiger partial charge in [0, 0.05) is 11.0 Å². The van der Waals surface area contributed by atoms with Gasteiger partial charge in [0.1, 0.15) is 0 Å². The number of piperidine rings is 1. The Labute approximate surface area is 116 Å². The number of hydrogen-bond donors (Lipinski definition) is 0. The van der Waals surface area contributed by atoms with Crippen LogP contribution >= 0.6 is 15.9 Å². The average molecular weight is 312 g/mol. The lowest BCUT2D eigenvalue weighted by atomic mass is 10.1. The topological polar surface area (TPSA) is 29.5 Å². The van der Waals surface area contributed by atoms with E-state index in [1.165, 1.54) is 26.4 Å². The lowest BCUT2D eigenvalue weighted by Crippen LogP contribution is -2.29. The third-order valence-electron chi connectivity index (χ3n) is 3.32. The van der Waals surface area contributed by atoms with Crippen molar-refractivity contribution < 1.29 is 9.53 Å². The van der Waals surface area contributed by atoms with Gasteiger partial charge in [0.15, 0.2) is 0 Å². The summed E-state index contributed by atoms with van der Waals surface area (Å²) in [5.41, 5.74) is 1.71. The Morgan fingerprint density at radius 1 is 1.33 bits per heavy atom. The van der Waals surface area contributed by atoms with Crippen LogP contribution in [0.3, 0.4) is 0 Å². The Kier molecular flexibility index (Phi) is 4.78. The first-order valence-electron chi connectivity index (χ1n) is 6.30. The molecule has 0 amide bonds. The second-order valence-electron chi connectivity index (χ2n) is 4.63. The van der Waals surface area contributed by atoms with E-state index in [2.05, 4.69) is 20.8 Å². The van der Waals surface area contributed by atoms with Crippen molar-refractivity contribution in [2.24, 2.45) is 0 Å². The molecular weight excluding hydrogens is 294 g/mol. The lowest BCUT2D eigenvalue weighted by Gasteiger charge is -2.27. The molecular formula is C14H18BrNO2. The van der Waals surface area contributed by atoms with Gasteiger partial charge in [0.25, 0.3) is 0 Å².